The van der Waals surface area contributed by atoms with Crippen LogP contribution in [-0.2, 0) is 0 Å². The Hall–Kier alpha value is 0.430. The minimum Gasteiger partial charge on any atom is -0.309 e. The van der Waals surface area contributed by atoms with Crippen LogP contribution >= 0.6 is 38.9 Å². The SMILES string of the molecule is CCCNC(CCC1CCCCC1)c1cc(Br)c(Cl)s1. The number of halogens is 2. The van der Waals surface area contributed by atoms with Crippen LogP contribution in [0, 0.1) is 5.92 Å². The van der Waals surface area contributed by atoms with Crippen molar-refractivity contribution in [3.05, 3.63) is 19.8 Å². The normalized spacial score (nSPS) is 18.4. The standard InChI is InChI=1S/C16H25BrClNS/c1-2-10-19-14(15-11-13(17)16(18)20-15)9-8-12-6-4-3-5-7-12/h11-12,14,19H,2-10H2,1H3. The molecule has 1 aliphatic rings. The van der Waals surface area contributed by atoms with Gasteiger partial charge in [0.25, 0.3) is 0 Å². The van der Waals surface area contributed by atoms with Gasteiger partial charge < -0.3 is 5.32 Å². The highest BCUT2D eigenvalue weighted by Crippen LogP contribution is 2.38. The van der Waals surface area contributed by atoms with Crippen LogP contribution in [0.5, 0.6) is 0 Å². The lowest BCUT2D eigenvalue weighted by atomic mass is 9.85. The van der Waals surface area contributed by atoms with Crippen LogP contribution < -0.4 is 5.32 Å². The Balaban J connectivity index is 1.92. The number of rotatable bonds is 7. The maximum Gasteiger partial charge on any atom is 0.107 e. The molecule has 114 valence electrons. The lowest BCUT2D eigenvalue weighted by Gasteiger charge is -2.24. The van der Waals surface area contributed by atoms with Gasteiger partial charge in [0.05, 0.1) is 0 Å². The van der Waals surface area contributed by atoms with Gasteiger partial charge >= 0.3 is 0 Å². The maximum atomic E-state index is 6.20. The van der Waals surface area contributed by atoms with Crippen molar-refractivity contribution in [2.75, 3.05) is 6.54 Å². The summed E-state index contributed by atoms with van der Waals surface area (Å²) in [5, 5.41) is 3.70. The molecule has 1 saturated carbocycles. The Morgan fingerprint density at radius 2 is 2.15 bits per heavy atom. The Kier molecular flexibility index (Phi) is 7.37. The Morgan fingerprint density at radius 3 is 2.75 bits per heavy atom. The van der Waals surface area contributed by atoms with E-state index in [1.807, 2.05) is 0 Å². The summed E-state index contributed by atoms with van der Waals surface area (Å²) in [4.78, 5) is 1.38. The molecular weight excluding hydrogens is 354 g/mol. The van der Waals surface area contributed by atoms with Crippen LogP contribution in [0.1, 0.15) is 69.2 Å². The molecule has 1 N–H and O–H groups in total. The van der Waals surface area contributed by atoms with Crippen molar-refractivity contribution in [1.82, 2.24) is 5.32 Å². The van der Waals surface area contributed by atoms with E-state index < -0.39 is 0 Å². The summed E-state index contributed by atoms with van der Waals surface area (Å²) in [6.07, 6.45) is 11.0. The van der Waals surface area contributed by atoms with Gasteiger partial charge in [0.15, 0.2) is 0 Å². The second-order valence-electron chi connectivity index (χ2n) is 5.86. The molecule has 0 aliphatic heterocycles. The summed E-state index contributed by atoms with van der Waals surface area (Å²) in [6, 6.07) is 2.67. The van der Waals surface area contributed by atoms with E-state index in [0.29, 0.717) is 6.04 Å². The number of hydrogen-bond donors (Lipinski definition) is 1. The fourth-order valence-corrected chi connectivity index (χ4v) is 4.92. The molecule has 0 bridgehead atoms. The maximum absolute atomic E-state index is 6.20. The van der Waals surface area contributed by atoms with Crippen molar-refractivity contribution in [1.29, 1.82) is 0 Å². The minimum absolute atomic E-state index is 0.477. The topological polar surface area (TPSA) is 12.0 Å². The van der Waals surface area contributed by atoms with Crippen molar-refractivity contribution in [2.24, 2.45) is 5.92 Å². The Bertz CT molecular complexity index is 382. The monoisotopic (exact) mass is 377 g/mol. The van der Waals surface area contributed by atoms with E-state index in [4.69, 9.17) is 11.6 Å². The van der Waals surface area contributed by atoms with Crippen molar-refractivity contribution >= 4 is 38.9 Å². The summed E-state index contributed by atoms with van der Waals surface area (Å²) in [6.45, 7) is 3.31. The van der Waals surface area contributed by atoms with Crippen LogP contribution in [0.4, 0.5) is 0 Å². The second kappa shape index (κ2) is 8.77. The zero-order valence-electron chi connectivity index (χ0n) is 12.3. The molecule has 1 fully saturated rings. The third-order valence-electron chi connectivity index (χ3n) is 4.24. The first kappa shape index (κ1) is 16.8. The van der Waals surface area contributed by atoms with Crippen LogP contribution in [0.2, 0.25) is 4.34 Å². The fourth-order valence-electron chi connectivity index (χ4n) is 3.08. The smallest absolute Gasteiger partial charge is 0.107 e. The largest absolute Gasteiger partial charge is 0.309 e. The summed E-state index contributed by atoms with van der Waals surface area (Å²) in [5.41, 5.74) is 0. The molecule has 1 aromatic heterocycles. The van der Waals surface area contributed by atoms with E-state index in [2.05, 4.69) is 34.2 Å². The molecule has 0 aromatic carbocycles. The molecule has 2 rings (SSSR count). The van der Waals surface area contributed by atoms with E-state index in [1.165, 1.54) is 56.2 Å². The van der Waals surface area contributed by atoms with Gasteiger partial charge in [-0.2, -0.15) is 0 Å². The molecule has 1 unspecified atom stereocenters. The molecule has 1 aromatic rings. The van der Waals surface area contributed by atoms with Crippen LogP contribution in [0.25, 0.3) is 0 Å². The van der Waals surface area contributed by atoms with Crippen LogP contribution in [-0.4, -0.2) is 6.54 Å². The summed E-state index contributed by atoms with van der Waals surface area (Å²) >= 11 is 11.4. The second-order valence-corrected chi connectivity index (χ2v) is 8.40. The predicted octanol–water partition coefficient (Wildman–Crippen LogP) is 6.57. The van der Waals surface area contributed by atoms with Crippen LogP contribution in [0.3, 0.4) is 0 Å². The molecule has 0 amide bonds. The molecule has 1 atom stereocenters. The van der Waals surface area contributed by atoms with Crippen molar-refractivity contribution in [2.45, 2.75) is 64.3 Å². The predicted molar refractivity (Wildman–Crippen MR) is 93.9 cm³/mol. The number of thiophene rings is 1. The summed E-state index contributed by atoms with van der Waals surface area (Å²) < 4.78 is 1.92. The third-order valence-corrected chi connectivity index (χ3v) is 6.83. The van der Waals surface area contributed by atoms with Gasteiger partial charge in [0.1, 0.15) is 4.34 Å². The highest BCUT2D eigenvalue weighted by Gasteiger charge is 2.19. The highest BCUT2D eigenvalue weighted by molar-refractivity contribution is 9.10. The Morgan fingerprint density at radius 1 is 1.40 bits per heavy atom. The van der Waals surface area contributed by atoms with Crippen molar-refractivity contribution in [3.63, 3.8) is 0 Å². The average Bonchev–Trinajstić information content (AvgIpc) is 2.80. The fraction of sp³-hybridized carbons (Fsp3) is 0.750. The first-order valence-electron chi connectivity index (χ1n) is 7.88. The zero-order chi connectivity index (χ0) is 14.4. The van der Waals surface area contributed by atoms with E-state index >= 15 is 0 Å². The molecule has 1 heterocycles. The van der Waals surface area contributed by atoms with Gasteiger partial charge in [-0.3, -0.25) is 0 Å². The Labute approximate surface area is 140 Å². The highest BCUT2D eigenvalue weighted by atomic mass is 79.9. The lowest BCUT2D eigenvalue weighted by Crippen LogP contribution is -2.22. The quantitative estimate of drug-likeness (QED) is 0.566. The minimum atomic E-state index is 0.477. The van der Waals surface area contributed by atoms with Crippen molar-refractivity contribution < 1.29 is 0 Å². The summed E-state index contributed by atoms with van der Waals surface area (Å²) in [5.74, 6) is 0.952. The molecular formula is C16H25BrClNS. The molecule has 1 aliphatic carbocycles. The van der Waals surface area contributed by atoms with Crippen molar-refractivity contribution in [3.8, 4) is 0 Å². The lowest BCUT2D eigenvalue weighted by molar-refractivity contribution is 0.315. The van der Waals surface area contributed by atoms with Gasteiger partial charge in [-0.25, -0.2) is 0 Å². The van der Waals surface area contributed by atoms with E-state index in [9.17, 15) is 0 Å². The van der Waals surface area contributed by atoms with E-state index in [-0.39, 0.29) is 0 Å². The summed E-state index contributed by atoms with van der Waals surface area (Å²) in [7, 11) is 0. The van der Waals surface area contributed by atoms with Gasteiger partial charge in [-0.15, -0.1) is 11.3 Å². The number of hydrogen-bond acceptors (Lipinski definition) is 2. The number of nitrogens with one attached hydrogen (secondary N) is 1. The molecule has 20 heavy (non-hydrogen) atoms. The average molecular weight is 379 g/mol. The molecule has 0 saturated heterocycles. The molecule has 0 radical (unpaired) electrons. The first-order chi connectivity index (χ1) is 9.70. The van der Waals surface area contributed by atoms with Gasteiger partial charge in [0, 0.05) is 15.4 Å². The van der Waals surface area contributed by atoms with Gasteiger partial charge in [-0.1, -0.05) is 50.6 Å². The van der Waals surface area contributed by atoms with E-state index in [1.54, 1.807) is 11.3 Å². The van der Waals surface area contributed by atoms with Gasteiger partial charge in [-0.05, 0) is 53.7 Å². The van der Waals surface area contributed by atoms with Gasteiger partial charge in [0.2, 0.25) is 0 Å². The molecule has 1 nitrogen and oxygen atoms in total. The molecule has 0 spiro atoms. The first-order valence-corrected chi connectivity index (χ1v) is 9.87. The zero-order valence-corrected chi connectivity index (χ0v) is 15.4. The third kappa shape index (κ3) is 5.01. The van der Waals surface area contributed by atoms with E-state index in [0.717, 1.165) is 21.3 Å². The molecule has 4 heteroatoms. The van der Waals surface area contributed by atoms with Crippen LogP contribution in [0.15, 0.2) is 10.5 Å².